The second-order valence-electron chi connectivity index (χ2n) is 11.1. The average Bonchev–Trinajstić information content (AvgIpc) is 3.43. The van der Waals surface area contributed by atoms with Gasteiger partial charge < -0.3 is 20.4 Å². The number of carbonyl (C=O) groups excluding carboxylic acids is 2. The highest BCUT2D eigenvalue weighted by molar-refractivity contribution is 7.90. The van der Waals surface area contributed by atoms with Crippen molar-refractivity contribution in [2.24, 2.45) is 5.41 Å². The van der Waals surface area contributed by atoms with E-state index in [1.54, 1.807) is 10.9 Å². The normalized spacial score (nSPS) is 22.1. The number of hydrogen-bond acceptors (Lipinski definition) is 8. The number of benzene rings is 1. The van der Waals surface area contributed by atoms with Crippen LogP contribution in [0.5, 0.6) is 0 Å². The Kier molecular flexibility index (Phi) is 7.46. The van der Waals surface area contributed by atoms with Gasteiger partial charge in [-0.15, -0.1) is 5.10 Å². The molecule has 11 nitrogen and oxygen atoms in total. The van der Waals surface area contributed by atoms with Crippen LogP contribution in [-0.2, 0) is 19.4 Å². The van der Waals surface area contributed by atoms with Crippen LogP contribution in [0.2, 0.25) is 0 Å². The SMILES string of the molecule is CC(C)(C)[C@@H](C(=O)N1CC(O)CC1C(=O)NC(CO)c1ccc(S(C)(=O)=O)cc1)n1cc(C2CC2)nn1. The van der Waals surface area contributed by atoms with Gasteiger partial charge in [-0.2, -0.15) is 0 Å². The number of aromatic nitrogens is 3. The molecule has 4 rings (SSSR count). The van der Waals surface area contributed by atoms with Gasteiger partial charge in [-0.05, 0) is 36.0 Å². The Labute approximate surface area is 216 Å². The minimum absolute atomic E-state index is 0.000523. The molecular formula is C25H35N5O6S. The zero-order valence-electron chi connectivity index (χ0n) is 21.5. The molecule has 1 aromatic carbocycles. The number of hydrogen-bond donors (Lipinski definition) is 3. The van der Waals surface area contributed by atoms with Crippen molar-refractivity contribution in [2.75, 3.05) is 19.4 Å². The molecule has 0 radical (unpaired) electrons. The lowest BCUT2D eigenvalue weighted by Gasteiger charge is -2.35. The van der Waals surface area contributed by atoms with Crippen LogP contribution < -0.4 is 5.32 Å². The topological polar surface area (TPSA) is 155 Å². The Hall–Kier alpha value is -2.83. The number of aliphatic hydroxyl groups is 2. The van der Waals surface area contributed by atoms with E-state index in [4.69, 9.17) is 0 Å². The smallest absolute Gasteiger partial charge is 0.248 e. The number of likely N-dealkylation sites (tertiary alicyclic amines) is 1. The molecule has 1 aliphatic heterocycles. The van der Waals surface area contributed by atoms with Crippen LogP contribution >= 0.6 is 0 Å². The molecule has 2 aromatic rings. The van der Waals surface area contributed by atoms with E-state index in [0.29, 0.717) is 11.5 Å². The zero-order chi connectivity index (χ0) is 27.1. The number of carbonyl (C=O) groups is 2. The van der Waals surface area contributed by atoms with E-state index in [-0.39, 0.29) is 23.8 Å². The molecule has 2 fully saturated rings. The Bertz CT molecular complexity index is 1250. The van der Waals surface area contributed by atoms with Gasteiger partial charge in [0.15, 0.2) is 9.84 Å². The lowest BCUT2D eigenvalue weighted by Crippen LogP contribution is -2.51. The maximum atomic E-state index is 13.8. The van der Waals surface area contributed by atoms with Gasteiger partial charge in [0.2, 0.25) is 11.8 Å². The Morgan fingerprint density at radius 1 is 1.19 bits per heavy atom. The van der Waals surface area contributed by atoms with E-state index in [2.05, 4.69) is 15.6 Å². The first-order valence-corrected chi connectivity index (χ1v) is 14.3. The summed E-state index contributed by atoms with van der Waals surface area (Å²) in [5.74, 6) is -0.478. The molecular weight excluding hydrogens is 498 g/mol. The molecule has 3 unspecified atom stereocenters. The fraction of sp³-hybridized carbons (Fsp3) is 0.600. The van der Waals surface area contributed by atoms with Crippen molar-refractivity contribution in [1.82, 2.24) is 25.2 Å². The number of aliphatic hydroxyl groups excluding tert-OH is 2. The second kappa shape index (κ2) is 10.1. The van der Waals surface area contributed by atoms with Gasteiger partial charge in [-0.25, -0.2) is 13.1 Å². The third-order valence-electron chi connectivity index (χ3n) is 6.92. The summed E-state index contributed by atoms with van der Waals surface area (Å²) >= 11 is 0. The number of sulfone groups is 1. The summed E-state index contributed by atoms with van der Waals surface area (Å²) in [4.78, 5) is 28.7. The van der Waals surface area contributed by atoms with Crippen LogP contribution in [0.3, 0.4) is 0 Å². The molecule has 1 aromatic heterocycles. The summed E-state index contributed by atoms with van der Waals surface area (Å²) < 4.78 is 25.0. The first-order valence-electron chi connectivity index (χ1n) is 12.4. The summed E-state index contributed by atoms with van der Waals surface area (Å²) in [5, 5.41) is 31.6. The van der Waals surface area contributed by atoms with Crippen LogP contribution in [0.4, 0.5) is 0 Å². The van der Waals surface area contributed by atoms with E-state index < -0.39 is 52.0 Å². The molecule has 37 heavy (non-hydrogen) atoms. The van der Waals surface area contributed by atoms with E-state index in [9.17, 15) is 28.2 Å². The number of rotatable bonds is 8. The predicted octanol–water partition coefficient (Wildman–Crippen LogP) is 0.958. The average molecular weight is 534 g/mol. The molecule has 1 aliphatic carbocycles. The van der Waals surface area contributed by atoms with Crippen molar-refractivity contribution in [1.29, 1.82) is 0 Å². The van der Waals surface area contributed by atoms with Crippen molar-refractivity contribution in [3.05, 3.63) is 41.7 Å². The highest BCUT2D eigenvalue weighted by Crippen LogP contribution is 2.40. The molecule has 12 heteroatoms. The van der Waals surface area contributed by atoms with Crippen LogP contribution in [-0.4, -0.2) is 81.9 Å². The third-order valence-corrected chi connectivity index (χ3v) is 8.05. The standard InChI is InChI=1S/C25H35N5O6S/c1-25(2,3)22(30-13-19(27-28-30)15-5-6-15)24(34)29-12-17(32)11-21(29)23(33)26-20(14-31)16-7-9-18(10-8-16)37(4,35)36/h7-10,13,15,17,20-22,31-32H,5-6,11-12,14H2,1-4H3,(H,26,33)/t17?,20?,21?,22-/m1/s1. The van der Waals surface area contributed by atoms with Crippen molar-refractivity contribution < 1.29 is 28.2 Å². The lowest BCUT2D eigenvalue weighted by atomic mass is 9.85. The molecule has 3 N–H and O–H groups in total. The highest BCUT2D eigenvalue weighted by atomic mass is 32.2. The monoisotopic (exact) mass is 533 g/mol. The molecule has 1 saturated carbocycles. The van der Waals surface area contributed by atoms with Crippen molar-refractivity contribution >= 4 is 21.7 Å². The lowest BCUT2D eigenvalue weighted by molar-refractivity contribution is -0.144. The second-order valence-corrected chi connectivity index (χ2v) is 13.2. The summed E-state index contributed by atoms with van der Waals surface area (Å²) in [6, 6.07) is 3.40. The number of nitrogens with zero attached hydrogens (tertiary/aromatic N) is 4. The van der Waals surface area contributed by atoms with Gasteiger partial charge in [-0.1, -0.05) is 38.1 Å². The highest BCUT2D eigenvalue weighted by Gasteiger charge is 2.45. The first-order chi connectivity index (χ1) is 17.3. The Balaban J connectivity index is 1.54. The summed E-state index contributed by atoms with van der Waals surface area (Å²) in [6.07, 6.45) is 4.19. The minimum atomic E-state index is -3.39. The molecule has 0 bridgehead atoms. The molecule has 2 aliphatic rings. The van der Waals surface area contributed by atoms with Gasteiger partial charge >= 0.3 is 0 Å². The fourth-order valence-electron chi connectivity index (χ4n) is 4.78. The van der Waals surface area contributed by atoms with E-state index >= 15 is 0 Å². The first kappa shape index (κ1) is 27.2. The van der Waals surface area contributed by atoms with Crippen molar-refractivity contribution in [2.45, 2.75) is 75.1 Å². The molecule has 1 saturated heterocycles. The quantitative estimate of drug-likeness (QED) is 0.453. The van der Waals surface area contributed by atoms with Crippen LogP contribution in [0.1, 0.15) is 69.3 Å². The number of β-amino-alcohol motifs (C(OH)–C–C–N with tert-alkyl or cyclic N) is 1. The fourth-order valence-corrected chi connectivity index (χ4v) is 5.41. The van der Waals surface area contributed by atoms with Gasteiger partial charge in [0.25, 0.3) is 0 Å². The molecule has 0 spiro atoms. The Morgan fingerprint density at radius 3 is 2.38 bits per heavy atom. The van der Waals surface area contributed by atoms with Crippen LogP contribution in [0, 0.1) is 5.41 Å². The van der Waals surface area contributed by atoms with E-state index in [1.165, 1.54) is 29.2 Å². The number of amides is 2. The molecule has 2 amide bonds. The summed E-state index contributed by atoms with van der Waals surface area (Å²) in [7, 11) is -3.39. The molecule has 4 atom stereocenters. The summed E-state index contributed by atoms with van der Waals surface area (Å²) in [6.45, 7) is 5.31. The van der Waals surface area contributed by atoms with Gasteiger partial charge in [0.05, 0.1) is 29.3 Å². The van der Waals surface area contributed by atoms with Crippen LogP contribution in [0.15, 0.2) is 35.4 Å². The van der Waals surface area contributed by atoms with Gasteiger partial charge in [0.1, 0.15) is 12.1 Å². The summed E-state index contributed by atoms with van der Waals surface area (Å²) in [5.41, 5.74) is 0.822. The molecule has 202 valence electrons. The largest absolute Gasteiger partial charge is 0.394 e. The van der Waals surface area contributed by atoms with Gasteiger partial charge in [0, 0.05) is 31.3 Å². The zero-order valence-corrected chi connectivity index (χ0v) is 22.4. The minimum Gasteiger partial charge on any atom is -0.394 e. The van der Waals surface area contributed by atoms with Crippen molar-refractivity contribution in [3.8, 4) is 0 Å². The van der Waals surface area contributed by atoms with E-state index in [0.717, 1.165) is 24.8 Å². The van der Waals surface area contributed by atoms with Gasteiger partial charge in [-0.3, -0.25) is 9.59 Å². The van der Waals surface area contributed by atoms with E-state index in [1.807, 2.05) is 20.8 Å². The Morgan fingerprint density at radius 2 is 1.84 bits per heavy atom. The maximum Gasteiger partial charge on any atom is 0.248 e. The van der Waals surface area contributed by atoms with Crippen molar-refractivity contribution in [3.63, 3.8) is 0 Å². The number of nitrogens with one attached hydrogen (secondary N) is 1. The maximum absolute atomic E-state index is 13.8. The molecule has 2 heterocycles. The third kappa shape index (κ3) is 6.02. The van der Waals surface area contributed by atoms with Crippen LogP contribution in [0.25, 0.3) is 0 Å². The predicted molar refractivity (Wildman–Crippen MR) is 134 cm³/mol.